The van der Waals surface area contributed by atoms with E-state index in [1.54, 1.807) is 0 Å². The molecule has 0 atom stereocenters. The second-order valence-electron chi connectivity index (χ2n) is 3.92. The van der Waals surface area contributed by atoms with Gasteiger partial charge in [0.2, 0.25) is 5.91 Å². The average molecular weight is 240 g/mol. The Bertz CT molecular complexity index is 603. The summed E-state index contributed by atoms with van der Waals surface area (Å²) in [6.45, 7) is 1.96. The van der Waals surface area contributed by atoms with Crippen molar-refractivity contribution in [1.29, 1.82) is 5.26 Å². The van der Waals surface area contributed by atoms with E-state index in [1.807, 2.05) is 37.3 Å². The van der Waals surface area contributed by atoms with Gasteiger partial charge in [0.15, 0.2) is 0 Å². The Labute approximate surface area is 104 Å². The number of aromatic nitrogens is 2. The summed E-state index contributed by atoms with van der Waals surface area (Å²) in [5.41, 5.74) is 2.36. The van der Waals surface area contributed by atoms with Gasteiger partial charge in [0.25, 0.3) is 0 Å². The zero-order valence-corrected chi connectivity index (χ0v) is 9.90. The highest BCUT2D eigenvalue weighted by atomic mass is 16.1. The van der Waals surface area contributed by atoms with E-state index in [0.29, 0.717) is 11.4 Å². The fourth-order valence-electron chi connectivity index (χ4n) is 1.63. The van der Waals surface area contributed by atoms with Gasteiger partial charge in [-0.1, -0.05) is 24.3 Å². The molecule has 2 rings (SSSR count). The lowest BCUT2D eigenvalue weighted by atomic mass is 10.1. The SMILES string of the molecule is Cc1ccccc1CC(=O)Nc1[nH]ncc1C#N. The summed E-state index contributed by atoms with van der Waals surface area (Å²) in [6.07, 6.45) is 1.65. The number of carbonyl (C=O) groups is 1. The third-order valence-corrected chi connectivity index (χ3v) is 2.64. The summed E-state index contributed by atoms with van der Waals surface area (Å²) < 4.78 is 0. The molecular formula is C13H12N4O. The minimum atomic E-state index is -0.176. The van der Waals surface area contributed by atoms with Crippen LogP contribution in [0.25, 0.3) is 0 Å². The van der Waals surface area contributed by atoms with Crippen molar-refractivity contribution in [3.63, 3.8) is 0 Å². The van der Waals surface area contributed by atoms with Gasteiger partial charge in [-0.3, -0.25) is 9.89 Å². The monoisotopic (exact) mass is 240 g/mol. The first kappa shape index (κ1) is 11.9. The Hall–Kier alpha value is -2.61. The third kappa shape index (κ3) is 2.55. The van der Waals surface area contributed by atoms with E-state index in [4.69, 9.17) is 5.26 Å². The number of hydrogen-bond donors (Lipinski definition) is 2. The molecule has 0 radical (unpaired) electrons. The van der Waals surface area contributed by atoms with Crippen molar-refractivity contribution in [2.45, 2.75) is 13.3 Å². The molecule has 0 bridgehead atoms. The summed E-state index contributed by atoms with van der Waals surface area (Å²) in [5.74, 6) is 0.168. The molecule has 0 saturated carbocycles. The molecule has 1 aromatic heterocycles. The van der Waals surface area contributed by atoms with Crippen LogP contribution in [0.1, 0.15) is 16.7 Å². The van der Waals surface area contributed by atoms with Crippen LogP contribution in [0.5, 0.6) is 0 Å². The van der Waals surface area contributed by atoms with Gasteiger partial charge in [-0.25, -0.2) is 0 Å². The fraction of sp³-hybridized carbons (Fsp3) is 0.154. The van der Waals surface area contributed by atoms with E-state index < -0.39 is 0 Å². The van der Waals surface area contributed by atoms with Gasteiger partial charge in [-0.05, 0) is 18.1 Å². The molecule has 0 aliphatic carbocycles. The topological polar surface area (TPSA) is 81.6 Å². The van der Waals surface area contributed by atoms with Crippen LogP contribution in [0.15, 0.2) is 30.5 Å². The highest BCUT2D eigenvalue weighted by Crippen LogP contribution is 2.11. The lowest BCUT2D eigenvalue weighted by Gasteiger charge is -2.05. The number of anilines is 1. The van der Waals surface area contributed by atoms with Crippen LogP contribution in [-0.2, 0) is 11.2 Å². The molecule has 0 aliphatic heterocycles. The highest BCUT2D eigenvalue weighted by Gasteiger charge is 2.10. The quantitative estimate of drug-likeness (QED) is 0.857. The van der Waals surface area contributed by atoms with Gasteiger partial charge in [0.1, 0.15) is 17.5 Å². The number of benzene rings is 1. The molecule has 0 saturated heterocycles. The van der Waals surface area contributed by atoms with Crippen LogP contribution < -0.4 is 5.32 Å². The first-order valence-electron chi connectivity index (χ1n) is 5.48. The summed E-state index contributed by atoms with van der Waals surface area (Å²) in [6, 6.07) is 9.64. The molecule has 0 aliphatic rings. The largest absolute Gasteiger partial charge is 0.310 e. The Morgan fingerprint density at radius 1 is 1.50 bits per heavy atom. The molecule has 0 spiro atoms. The zero-order chi connectivity index (χ0) is 13.0. The molecule has 5 nitrogen and oxygen atoms in total. The van der Waals surface area contributed by atoms with E-state index in [-0.39, 0.29) is 12.3 Å². The number of aryl methyl sites for hydroxylation is 1. The van der Waals surface area contributed by atoms with E-state index in [9.17, 15) is 4.79 Å². The van der Waals surface area contributed by atoms with Crippen molar-refractivity contribution in [2.75, 3.05) is 5.32 Å². The smallest absolute Gasteiger partial charge is 0.229 e. The molecule has 1 aromatic carbocycles. The van der Waals surface area contributed by atoms with Crippen molar-refractivity contribution < 1.29 is 4.79 Å². The molecule has 1 amide bonds. The van der Waals surface area contributed by atoms with Crippen LogP contribution in [-0.4, -0.2) is 16.1 Å². The van der Waals surface area contributed by atoms with Crippen molar-refractivity contribution in [1.82, 2.24) is 10.2 Å². The van der Waals surface area contributed by atoms with Crippen molar-refractivity contribution in [2.24, 2.45) is 0 Å². The Kier molecular flexibility index (Phi) is 3.39. The summed E-state index contributed by atoms with van der Waals surface area (Å²) >= 11 is 0. The van der Waals surface area contributed by atoms with Gasteiger partial charge in [-0.2, -0.15) is 10.4 Å². The Balaban J connectivity index is 2.06. The molecular weight excluding hydrogens is 228 g/mol. The van der Waals surface area contributed by atoms with E-state index >= 15 is 0 Å². The van der Waals surface area contributed by atoms with Gasteiger partial charge < -0.3 is 5.32 Å². The van der Waals surface area contributed by atoms with Crippen molar-refractivity contribution in [3.8, 4) is 6.07 Å². The predicted octanol–water partition coefficient (Wildman–Crippen LogP) is 1.77. The fourth-order valence-corrected chi connectivity index (χ4v) is 1.63. The number of nitrogens with zero attached hydrogens (tertiary/aromatic N) is 2. The molecule has 90 valence electrons. The molecule has 2 aromatic rings. The molecule has 5 heteroatoms. The Morgan fingerprint density at radius 3 is 3.00 bits per heavy atom. The number of amides is 1. The summed E-state index contributed by atoms with van der Waals surface area (Å²) in [4.78, 5) is 11.8. The van der Waals surface area contributed by atoms with E-state index in [0.717, 1.165) is 11.1 Å². The number of carbonyl (C=O) groups excluding carboxylic acids is 1. The van der Waals surface area contributed by atoms with Gasteiger partial charge in [-0.15, -0.1) is 0 Å². The van der Waals surface area contributed by atoms with E-state index in [1.165, 1.54) is 6.20 Å². The number of nitrogens with one attached hydrogen (secondary N) is 2. The molecule has 1 heterocycles. The van der Waals surface area contributed by atoms with Crippen molar-refractivity contribution in [3.05, 3.63) is 47.2 Å². The van der Waals surface area contributed by atoms with Gasteiger partial charge >= 0.3 is 0 Å². The number of aromatic amines is 1. The second kappa shape index (κ2) is 5.15. The van der Waals surface area contributed by atoms with Crippen LogP contribution in [0, 0.1) is 18.3 Å². The van der Waals surface area contributed by atoms with Crippen molar-refractivity contribution >= 4 is 11.7 Å². The summed E-state index contributed by atoms with van der Waals surface area (Å²) in [7, 11) is 0. The standard InChI is InChI=1S/C13H12N4O/c1-9-4-2-3-5-10(9)6-12(18)16-13-11(7-14)8-15-17-13/h2-5,8H,6H2,1H3,(H2,15,16,17,18). The average Bonchev–Trinajstić information content (AvgIpc) is 2.79. The number of hydrogen-bond acceptors (Lipinski definition) is 3. The van der Waals surface area contributed by atoms with Crippen LogP contribution in [0.2, 0.25) is 0 Å². The van der Waals surface area contributed by atoms with Crippen LogP contribution in [0.4, 0.5) is 5.82 Å². The minimum absolute atomic E-state index is 0.176. The highest BCUT2D eigenvalue weighted by molar-refractivity contribution is 5.92. The molecule has 0 unspecified atom stereocenters. The lowest BCUT2D eigenvalue weighted by molar-refractivity contribution is -0.115. The lowest BCUT2D eigenvalue weighted by Crippen LogP contribution is -2.16. The number of nitriles is 1. The first-order chi connectivity index (χ1) is 8.70. The zero-order valence-electron chi connectivity index (χ0n) is 9.90. The van der Waals surface area contributed by atoms with Crippen LogP contribution in [0.3, 0.4) is 0 Å². The maximum Gasteiger partial charge on any atom is 0.229 e. The third-order valence-electron chi connectivity index (χ3n) is 2.64. The maximum atomic E-state index is 11.8. The van der Waals surface area contributed by atoms with Gasteiger partial charge in [0, 0.05) is 0 Å². The molecule has 0 fully saturated rings. The number of rotatable bonds is 3. The molecule has 2 N–H and O–H groups in total. The summed E-state index contributed by atoms with van der Waals surface area (Å²) in [5, 5.41) is 17.7. The number of H-pyrrole nitrogens is 1. The maximum absolute atomic E-state index is 11.8. The van der Waals surface area contributed by atoms with Gasteiger partial charge in [0.05, 0.1) is 12.6 Å². The first-order valence-corrected chi connectivity index (χ1v) is 5.48. The van der Waals surface area contributed by atoms with Crippen LogP contribution >= 0.6 is 0 Å². The molecule has 18 heavy (non-hydrogen) atoms. The minimum Gasteiger partial charge on any atom is -0.310 e. The van der Waals surface area contributed by atoms with E-state index in [2.05, 4.69) is 15.5 Å². The Morgan fingerprint density at radius 2 is 2.28 bits per heavy atom. The second-order valence-corrected chi connectivity index (χ2v) is 3.92. The normalized spacial score (nSPS) is 9.78. The predicted molar refractivity (Wildman–Crippen MR) is 66.8 cm³/mol.